The lowest BCUT2D eigenvalue weighted by molar-refractivity contribution is 0.0790. The fourth-order valence-corrected chi connectivity index (χ4v) is 1.84. The first-order valence-corrected chi connectivity index (χ1v) is 5.29. The number of nitrogens with two attached hydrogens (primary N) is 1. The highest BCUT2D eigenvalue weighted by molar-refractivity contribution is 5.94. The highest BCUT2D eigenvalue weighted by Crippen LogP contribution is 2.11. The van der Waals surface area contributed by atoms with Gasteiger partial charge in [-0.15, -0.1) is 0 Å². The number of hydrogen-bond acceptors (Lipinski definition) is 3. The lowest BCUT2D eigenvalue weighted by Crippen LogP contribution is -2.32. The van der Waals surface area contributed by atoms with Crippen LogP contribution in [0.3, 0.4) is 0 Å². The van der Waals surface area contributed by atoms with Crippen molar-refractivity contribution in [2.45, 2.75) is 12.5 Å². The van der Waals surface area contributed by atoms with Gasteiger partial charge in [0.25, 0.3) is 11.5 Å². The molecule has 0 radical (unpaired) electrons. The Kier molecular flexibility index (Phi) is 2.78. The number of aromatic nitrogens is 1. The molecule has 2 N–H and O–H groups in total. The van der Waals surface area contributed by atoms with E-state index in [-0.39, 0.29) is 17.5 Å². The van der Waals surface area contributed by atoms with E-state index < -0.39 is 0 Å². The Morgan fingerprint density at radius 2 is 2.31 bits per heavy atom. The molecular weight excluding hydrogens is 206 g/mol. The van der Waals surface area contributed by atoms with E-state index in [0.29, 0.717) is 18.7 Å². The van der Waals surface area contributed by atoms with Gasteiger partial charge in [-0.3, -0.25) is 9.59 Å². The van der Waals surface area contributed by atoms with Crippen molar-refractivity contribution in [3.05, 3.63) is 34.2 Å². The standard InChI is InChI=1S/C11H15N3O2/c1-13-4-2-8(6-10(13)15)11(16)14-5-3-9(12)7-14/h2,4,6,9H,3,5,7,12H2,1H3. The molecule has 0 aromatic carbocycles. The van der Waals surface area contributed by atoms with Crippen LogP contribution in [0, 0.1) is 0 Å². The Hall–Kier alpha value is -1.62. The molecule has 5 nitrogen and oxygen atoms in total. The number of aryl methyl sites for hydroxylation is 1. The number of amides is 1. The van der Waals surface area contributed by atoms with Crippen LogP contribution in [-0.4, -0.2) is 34.5 Å². The number of carbonyl (C=O) groups excluding carboxylic acids is 1. The largest absolute Gasteiger partial charge is 0.337 e. The molecule has 1 unspecified atom stereocenters. The summed E-state index contributed by atoms with van der Waals surface area (Å²) in [5.41, 5.74) is 6.01. The van der Waals surface area contributed by atoms with Crippen LogP contribution in [-0.2, 0) is 7.05 Å². The zero-order valence-electron chi connectivity index (χ0n) is 9.22. The maximum Gasteiger partial charge on any atom is 0.254 e. The lowest BCUT2D eigenvalue weighted by Gasteiger charge is -2.15. The van der Waals surface area contributed by atoms with E-state index in [1.165, 1.54) is 10.6 Å². The molecule has 1 fully saturated rings. The summed E-state index contributed by atoms with van der Waals surface area (Å²) in [4.78, 5) is 25.1. The van der Waals surface area contributed by atoms with Gasteiger partial charge in [0.05, 0.1) is 0 Å². The minimum Gasteiger partial charge on any atom is -0.337 e. The van der Waals surface area contributed by atoms with Crippen LogP contribution in [0.15, 0.2) is 23.1 Å². The summed E-state index contributed by atoms with van der Waals surface area (Å²) in [6.45, 7) is 1.25. The van der Waals surface area contributed by atoms with Crippen LogP contribution in [0.4, 0.5) is 0 Å². The second-order valence-corrected chi connectivity index (χ2v) is 4.16. The highest BCUT2D eigenvalue weighted by atomic mass is 16.2. The Labute approximate surface area is 93.5 Å². The average Bonchev–Trinajstić information content (AvgIpc) is 2.68. The summed E-state index contributed by atoms with van der Waals surface area (Å²) in [6, 6.07) is 3.09. The summed E-state index contributed by atoms with van der Waals surface area (Å²) in [5, 5.41) is 0. The SMILES string of the molecule is Cn1ccc(C(=O)N2CCC(N)C2)cc1=O. The zero-order chi connectivity index (χ0) is 11.7. The van der Waals surface area contributed by atoms with Crippen LogP contribution >= 0.6 is 0 Å². The van der Waals surface area contributed by atoms with Gasteiger partial charge in [-0.25, -0.2) is 0 Å². The number of likely N-dealkylation sites (tertiary alicyclic amines) is 1. The van der Waals surface area contributed by atoms with E-state index in [9.17, 15) is 9.59 Å². The Morgan fingerprint density at radius 1 is 1.56 bits per heavy atom. The van der Waals surface area contributed by atoms with Crippen molar-refractivity contribution in [3.63, 3.8) is 0 Å². The van der Waals surface area contributed by atoms with Crippen molar-refractivity contribution in [1.29, 1.82) is 0 Å². The van der Waals surface area contributed by atoms with Gasteiger partial charge in [0.15, 0.2) is 0 Å². The molecule has 0 bridgehead atoms. The molecule has 1 aliphatic heterocycles. The molecule has 1 aromatic rings. The number of pyridine rings is 1. The average molecular weight is 221 g/mol. The first kappa shape index (κ1) is 10.9. The summed E-state index contributed by atoms with van der Waals surface area (Å²) >= 11 is 0. The monoisotopic (exact) mass is 221 g/mol. The van der Waals surface area contributed by atoms with Gasteiger partial charge in [-0.05, 0) is 12.5 Å². The van der Waals surface area contributed by atoms with E-state index in [2.05, 4.69) is 0 Å². The van der Waals surface area contributed by atoms with E-state index in [1.807, 2.05) is 0 Å². The van der Waals surface area contributed by atoms with Crippen molar-refractivity contribution in [3.8, 4) is 0 Å². The van der Waals surface area contributed by atoms with E-state index in [1.54, 1.807) is 24.2 Å². The van der Waals surface area contributed by atoms with Gasteiger partial charge in [0, 0.05) is 44.0 Å². The van der Waals surface area contributed by atoms with Crippen molar-refractivity contribution in [1.82, 2.24) is 9.47 Å². The van der Waals surface area contributed by atoms with Gasteiger partial charge in [0.1, 0.15) is 0 Å². The summed E-state index contributed by atoms with van der Waals surface area (Å²) in [7, 11) is 1.66. The van der Waals surface area contributed by atoms with Gasteiger partial charge in [0.2, 0.25) is 0 Å². The van der Waals surface area contributed by atoms with Gasteiger partial charge < -0.3 is 15.2 Å². The first-order valence-electron chi connectivity index (χ1n) is 5.29. The number of nitrogens with zero attached hydrogens (tertiary/aromatic N) is 2. The Morgan fingerprint density at radius 3 is 2.88 bits per heavy atom. The second-order valence-electron chi connectivity index (χ2n) is 4.16. The highest BCUT2D eigenvalue weighted by Gasteiger charge is 2.24. The minimum absolute atomic E-state index is 0.0653. The Balaban J connectivity index is 2.21. The van der Waals surface area contributed by atoms with Crippen LogP contribution in [0.5, 0.6) is 0 Å². The maximum absolute atomic E-state index is 12.0. The second kappa shape index (κ2) is 4.09. The van der Waals surface area contributed by atoms with Crippen molar-refractivity contribution < 1.29 is 4.79 Å². The van der Waals surface area contributed by atoms with Crippen LogP contribution in [0.2, 0.25) is 0 Å². The molecule has 16 heavy (non-hydrogen) atoms. The van der Waals surface area contributed by atoms with E-state index in [4.69, 9.17) is 5.73 Å². The molecule has 2 heterocycles. The predicted octanol–water partition coefficient (Wildman–Crippen LogP) is -0.442. The number of hydrogen-bond donors (Lipinski definition) is 1. The molecule has 5 heteroatoms. The molecule has 1 aliphatic rings. The van der Waals surface area contributed by atoms with Crippen LogP contribution in [0.25, 0.3) is 0 Å². The van der Waals surface area contributed by atoms with Crippen LogP contribution < -0.4 is 11.3 Å². The van der Waals surface area contributed by atoms with Gasteiger partial charge >= 0.3 is 0 Å². The molecule has 1 saturated heterocycles. The van der Waals surface area contributed by atoms with Crippen LogP contribution in [0.1, 0.15) is 16.8 Å². The zero-order valence-corrected chi connectivity index (χ0v) is 9.22. The molecular formula is C11H15N3O2. The van der Waals surface area contributed by atoms with Crippen molar-refractivity contribution in [2.75, 3.05) is 13.1 Å². The quantitative estimate of drug-likeness (QED) is 0.699. The fourth-order valence-electron chi connectivity index (χ4n) is 1.84. The molecule has 0 saturated carbocycles. The maximum atomic E-state index is 12.0. The van der Waals surface area contributed by atoms with E-state index in [0.717, 1.165) is 6.42 Å². The first-order chi connectivity index (χ1) is 7.58. The topological polar surface area (TPSA) is 68.3 Å². The predicted molar refractivity (Wildman–Crippen MR) is 60.2 cm³/mol. The summed E-state index contributed by atoms with van der Waals surface area (Å²) in [5.74, 6) is -0.106. The molecule has 0 spiro atoms. The van der Waals surface area contributed by atoms with E-state index >= 15 is 0 Å². The minimum atomic E-state index is -0.172. The van der Waals surface area contributed by atoms with Gasteiger partial charge in [-0.1, -0.05) is 0 Å². The molecule has 1 amide bonds. The smallest absolute Gasteiger partial charge is 0.254 e. The fraction of sp³-hybridized carbons (Fsp3) is 0.455. The molecule has 1 aromatic heterocycles. The van der Waals surface area contributed by atoms with Crippen molar-refractivity contribution >= 4 is 5.91 Å². The molecule has 2 rings (SSSR count). The third-order valence-corrected chi connectivity index (χ3v) is 2.86. The summed E-state index contributed by atoms with van der Waals surface area (Å²) in [6.07, 6.45) is 2.43. The van der Waals surface area contributed by atoms with Gasteiger partial charge in [-0.2, -0.15) is 0 Å². The summed E-state index contributed by atoms with van der Waals surface area (Å²) < 4.78 is 1.44. The normalized spacial score (nSPS) is 20.1. The molecule has 0 aliphatic carbocycles. The molecule has 86 valence electrons. The number of carbonyl (C=O) groups is 1. The third-order valence-electron chi connectivity index (χ3n) is 2.86. The number of rotatable bonds is 1. The third kappa shape index (κ3) is 1.99. The molecule has 1 atom stereocenters. The lowest BCUT2D eigenvalue weighted by atomic mass is 10.2. The van der Waals surface area contributed by atoms with Crippen molar-refractivity contribution in [2.24, 2.45) is 12.8 Å². The Bertz CT molecular complexity index is 467.